The molecule has 0 N–H and O–H groups in total. The number of ether oxygens (including phenoxy) is 1. The summed E-state index contributed by atoms with van der Waals surface area (Å²) in [5.41, 5.74) is 0.0875. The van der Waals surface area contributed by atoms with Crippen molar-refractivity contribution in [3.05, 3.63) is 70.5 Å². The standard InChI is InChI=1S/C22H20N4O5/c1-13(2)29-15-8-7-14-10-16(22(28)30-18(14)11-15)21(27)26(3)12-19-24-20(25-31-19)17-6-4-5-9-23-17/h4-11,13H,12H2,1-3H3. The van der Waals surface area contributed by atoms with E-state index < -0.39 is 11.5 Å². The van der Waals surface area contributed by atoms with Crippen LogP contribution in [0, 0.1) is 0 Å². The first kappa shape index (κ1) is 20.3. The Morgan fingerprint density at radius 1 is 1.19 bits per heavy atom. The van der Waals surface area contributed by atoms with Crippen LogP contribution in [-0.2, 0) is 6.54 Å². The second-order valence-corrected chi connectivity index (χ2v) is 7.20. The van der Waals surface area contributed by atoms with E-state index in [0.717, 1.165) is 0 Å². The van der Waals surface area contributed by atoms with Gasteiger partial charge in [0.15, 0.2) is 0 Å². The van der Waals surface area contributed by atoms with E-state index in [4.69, 9.17) is 13.7 Å². The molecule has 0 saturated heterocycles. The van der Waals surface area contributed by atoms with Gasteiger partial charge in [-0.3, -0.25) is 9.78 Å². The third-order valence-electron chi connectivity index (χ3n) is 4.39. The molecule has 0 spiro atoms. The summed E-state index contributed by atoms with van der Waals surface area (Å²) in [4.78, 5) is 35.0. The molecular formula is C22H20N4O5. The van der Waals surface area contributed by atoms with E-state index in [1.807, 2.05) is 19.9 Å². The predicted molar refractivity (Wildman–Crippen MR) is 112 cm³/mol. The fourth-order valence-electron chi connectivity index (χ4n) is 2.98. The van der Waals surface area contributed by atoms with E-state index in [1.54, 1.807) is 36.5 Å². The van der Waals surface area contributed by atoms with Crippen molar-refractivity contribution in [3.8, 4) is 17.3 Å². The molecule has 31 heavy (non-hydrogen) atoms. The first-order valence-electron chi connectivity index (χ1n) is 9.65. The molecule has 3 aromatic heterocycles. The molecule has 0 saturated carbocycles. The number of amides is 1. The van der Waals surface area contributed by atoms with E-state index in [0.29, 0.717) is 28.2 Å². The SMILES string of the molecule is CC(C)Oc1ccc2cc(C(=O)N(C)Cc3nc(-c4ccccn4)no3)c(=O)oc2c1. The van der Waals surface area contributed by atoms with Gasteiger partial charge in [-0.15, -0.1) is 0 Å². The Morgan fingerprint density at radius 3 is 2.77 bits per heavy atom. The van der Waals surface area contributed by atoms with Crippen LogP contribution in [0.5, 0.6) is 5.75 Å². The Hall–Kier alpha value is -4.01. The first-order valence-corrected chi connectivity index (χ1v) is 9.65. The summed E-state index contributed by atoms with van der Waals surface area (Å²) in [6.07, 6.45) is 1.61. The molecule has 1 aromatic carbocycles. The van der Waals surface area contributed by atoms with Gasteiger partial charge in [0, 0.05) is 24.7 Å². The predicted octanol–water partition coefficient (Wildman–Crippen LogP) is 3.30. The Kier molecular flexibility index (Phi) is 5.48. The van der Waals surface area contributed by atoms with Crippen molar-refractivity contribution >= 4 is 16.9 Å². The number of pyridine rings is 1. The average molecular weight is 420 g/mol. The third-order valence-corrected chi connectivity index (χ3v) is 4.39. The van der Waals surface area contributed by atoms with E-state index in [2.05, 4.69) is 15.1 Å². The highest BCUT2D eigenvalue weighted by molar-refractivity contribution is 5.96. The van der Waals surface area contributed by atoms with E-state index in [-0.39, 0.29) is 24.1 Å². The molecule has 9 heteroatoms. The first-order chi connectivity index (χ1) is 14.9. The Balaban J connectivity index is 1.54. The highest BCUT2D eigenvalue weighted by Crippen LogP contribution is 2.22. The normalized spacial score (nSPS) is 11.1. The van der Waals surface area contributed by atoms with Crippen LogP contribution < -0.4 is 10.4 Å². The van der Waals surface area contributed by atoms with Crippen LogP contribution in [0.1, 0.15) is 30.1 Å². The number of nitrogens with zero attached hydrogens (tertiary/aromatic N) is 4. The average Bonchev–Trinajstić information content (AvgIpc) is 3.21. The van der Waals surface area contributed by atoms with Gasteiger partial charge in [-0.25, -0.2) is 4.79 Å². The number of fused-ring (bicyclic) bond motifs is 1. The highest BCUT2D eigenvalue weighted by atomic mass is 16.5. The minimum atomic E-state index is -0.731. The van der Waals surface area contributed by atoms with Gasteiger partial charge in [-0.05, 0) is 44.2 Å². The van der Waals surface area contributed by atoms with Crippen molar-refractivity contribution < 1.29 is 18.5 Å². The van der Waals surface area contributed by atoms with Crippen molar-refractivity contribution in [1.29, 1.82) is 0 Å². The van der Waals surface area contributed by atoms with Crippen molar-refractivity contribution in [2.75, 3.05) is 7.05 Å². The van der Waals surface area contributed by atoms with Crippen molar-refractivity contribution in [1.82, 2.24) is 20.0 Å². The number of aromatic nitrogens is 3. The summed E-state index contributed by atoms with van der Waals surface area (Å²) in [5, 5.41) is 4.49. The molecule has 0 radical (unpaired) electrons. The van der Waals surface area contributed by atoms with Crippen molar-refractivity contribution in [2.24, 2.45) is 0 Å². The molecule has 0 unspecified atom stereocenters. The van der Waals surface area contributed by atoms with Crippen molar-refractivity contribution in [3.63, 3.8) is 0 Å². The lowest BCUT2D eigenvalue weighted by Gasteiger charge is -2.14. The summed E-state index contributed by atoms with van der Waals surface area (Å²) in [6.45, 7) is 3.83. The van der Waals surface area contributed by atoms with Gasteiger partial charge in [0.2, 0.25) is 11.7 Å². The minimum absolute atomic E-state index is 0.0124. The van der Waals surface area contributed by atoms with E-state index in [1.165, 1.54) is 18.0 Å². The smallest absolute Gasteiger partial charge is 0.349 e. The molecule has 0 fully saturated rings. The molecule has 0 bridgehead atoms. The minimum Gasteiger partial charge on any atom is -0.491 e. The number of carbonyl (C=O) groups is 1. The largest absolute Gasteiger partial charge is 0.491 e. The molecule has 1 amide bonds. The second-order valence-electron chi connectivity index (χ2n) is 7.20. The van der Waals surface area contributed by atoms with Gasteiger partial charge in [0.1, 0.15) is 29.1 Å². The quantitative estimate of drug-likeness (QED) is 0.437. The lowest BCUT2D eigenvalue weighted by Crippen LogP contribution is -2.30. The zero-order valence-corrected chi connectivity index (χ0v) is 17.2. The Bertz CT molecular complexity index is 1280. The molecule has 0 aliphatic rings. The maximum absolute atomic E-state index is 12.8. The summed E-state index contributed by atoms with van der Waals surface area (Å²) >= 11 is 0. The van der Waals surface area contributed by atoms with Crippen LogP contribution in [0.2, 0.25) is 0 Å². The van der Waals surface area contributed by atoms with Crippen LogP contribution in [0.15, 0.2) is 62.4 Å². The molecule has 3 heterocycles. The summed E-state index contributed by atoms with van der Waals surface area (Å²) in [6, 6.07) is 12.0. The molecule has 4 aromatic rings. The Morgan fingerprint density at radius 2 is 2.03 bits per heavy atom. The molecular weight excluding hydrogens is 400 g/mol. The summed E-state index contributed by atoms with van der Waals surface area (Å²) in [5.74, 6) is 0.607. The van der Waals surface area contributed by atoms with Crippen LogP contribution in [0.3, 0.4) is 0 Å². The van der Waals surface area contributed by atoms with Gasteiger partial charge in [0.25, 0.3) is 5.91 Å². The lowest BCUT2D eigenvalue weighted by atomic mass is 10.1. The van der Waals surface area contributed by atoms with Crippen LogP contribution >= 0.6 is 0 Å². The topological polar surface area (TPSA) is 112 Å². The van der Waals surface area contributed by atoms with Crippen molar-refractivity contribution in [2.45, 2.75) is 26.5 Å². The Labute approximate surface area is 177 Å². The van der Waals surface area contributed by atoms with Crippen LogP contribution in [0.25, 0.3) is 22.5 Å². The summed E-state index contributed by atoms with van der Waals surface area (Å²) in [7, 11) is 1.54. The third kappa shape index (κ3) is 4.45. The number of hydrogen-bond donors (Lipinski definition) is 0. The molecule has 4 rings (SSSR count). The fourth-order valence-corrected chi connectivity index (χ4v) is 2.98. The number of hydrogen-bond acceptors (Lipinski definition) is 8. The second kappa shape index (κ2) is 8.39. The van der Waals surface area contributed by atoms with Gasteiger partial charge in [-0.1, -0.05) is 11.2 Å². The zero-order valence-electron chi connectivity index (χ0n) is 17.2. The maximum Gasteiger partial charge on any atom is 0.349 e. The van der Waals surface area contributed by atoms with Crippen LogP contribution in [-0.4, -0.2) is 39.1 Å². The fraction of sp³-hybridized carbons (Fsp3) is 0.227. The van der Waals surface area contributed by atoms with Gasteiger partial charge in [-0.2, -0.15) is 4.98 Å². The zero-order chi connectivity index (χ0) is 22.0. The van der Waals surface area contributed by atoms with E-state index in [9.17, 15) is 9.59 Å². The molecule has 9 nitrogen and oxygen atoms in total. The molecule has 0 aliphatic heterocycles. The van der Waals surface area contributed by atoms with E-state index >= 15 is 0 Å². The number of carbonyl (C=O) groups excluding carboxylic acids is 1. The van der Waals surface area contributed by atoms with Gasteiger partial charge >= 0.3 is 5.63 Å². The monoisotopic (exact) mass is 420 g/mol. The molecule has 0 aliphatic carbocycles. The molecule has 0 atom stereocenters. The lowest BCUT2D eigenvalue weighted by molar-refractivity contribution is 0.0765. The molecule has 158 valence electrons. The van der Waals surface area contributed by atoms with Gasteiger partial charge < -0.3 is 18.6 Å². The highest BCUT2D eigenvalue weighted by Gasteiger charge is 2.21. The maximum atomic E-state index is 12.8. The number of benzene rings is 1. The van der Waals surface area contributed by atoms with Gasteiger partial charge in [0.05, 0.1) is 6.10 Å². The van der Waals surface area contributed by atoms with Crippen LogP contribution in [0.4, 0.5) is 0 Å². The summed E-state index contributed by atoms with van der Waals surface area (Å²) < 4.78 is 16.2. The number of rotatable bonds is 6.